The molecule has 9 rings (SSSR count). The van der Waals surface area contributed by atoms with Crippen molar-refractivity contribution >= 4 is 11.4 Å². The number of hydrogen-bond acceptors (Lipinski definition) is 5. The van der Waals surface area contributed by atoms with Crippen molar-refractivity contribution in [3.8, 4) is 55.9 Å². The lowest BCUT2D eigenvalue weighted by Gasteiger charge is -2.36. The summed E-state index contributed by atoms with van der Waals surface area (Å²) < 4.78 is 0. The van der Waals surface area contributed by atoms with Crippen LogP contribution < -0.4 is 10.7 Å². The smallest absolute Gasteiger partial charge is 0.106 e. The van der Waals surface area contributed by atoms with Crippen molar-refractivity contribution in [3.63, 3.8) is 0 Å². The average Bonchev–Trinajstić information content (AvgIpc) is 3.73. The molecule has 52 heavy (non-hydrogen) atoms. The molecule has 2 aliphatic rings. The van der Waals surface area contributed by atoms with Gasteiger partial charge in [-0.25, -0.2) is 9.98 Å². The van der Waals surface area contributed by atoms with Crippen LogP contribution in [0.5, 0.6) is 0 Å². The van der Waals surface area contributed by atoms with Gasteiger partial charge in [-0.2, -0.15) is 0 Å². The fourth-order valence-electron chi connectivity index (χ4n) is 8.18. The molecule has 0 N–H and O–H groups in total. The maximum absolute atomic E-state index is 5.57. The van der Waals surface area contributed by atoms with Crippen LogP contribution in [-0.2, 0) is 10.8 Å². The van der Waals surface area contributed by atoms with Crippen LogP contribution in [0.25, 0.3) is 55.9 Å². The van der Waals surface area contributed by atoms with Crippen LogP contribution in [0.2, 0.25) is 0 Å². The van der Waals surface area contributed by atoms with E-state index in [1.54, 1.807) is 0 Å². The van der Waals surface area contributed by atoms with Gasteiger partial charge in [0, 0.05) is 43.8 Å². The first-order chi connectivity index (χ1) is 25.1. The third-order valence-corrected chi connectivity index (χ3v) is 10.2. The summed E-state index contributed by atoms with van der Waals surface area (Å²) in [5.41, 5.74) is 13.8. The largest absolute Gasteiger partial charge is 0.247 e. The van der Waals surface area contributed by atoms with Gasteiger partial charge >= 0.3 is 0 Å². The monoisotopic (exact) mass is 673 g/mol. The molecule has 0 saturated carbocycles. The van der Waals surface area contributed by atoms with Gasteiger partial charge in [-0.3, -0.25) is 0 Å². The van der Waals surface area contributed by atoms with E-state index in [0.29, 0.717) is 0 Å². The average molecular weight is 674 g/mol. The van der Waals surface area contributed by atoms with Crippen molar-refractivity contribution in [1.29, 1.82) is 0 Å². The SMILES string of the molecule is CC(C)(C)c1c(-c2ccccc2)c2c(c(-c3nnnc(-c4ccccc4)c3-c3ccccc3)c1C(C)(C)C)-c1c3c(ccc1=N2)=c1ccccc1=N3. The highest BCUT2D eigenvalue weighted by Gasteiger charge is 2.40. The molecule has 0 aliphatic carbocycles. The predicted octanol–water partition coefficient (Wildman–Crippen LogP) is 10.6. The van der Waals surface area contributed by atoms with E-state index in [1.165, 1.54) is 11.1 Å². The minimum absolute atomic E-state index is 0.264. The molecule has 3 heterocycles. The summed E-state index contributed by atoms with van der Waals surface area (Å²) in [5, 5.41) is 18.5. The lowest BCUT2D eigenvalue weighted by atomic mass is 9.67. The molecule has 0 atom stereocenters. The van der Waals surface area contributed by atoms with Gasteiger partial charge in [-0.05, 0) is 56.5 Å². The number of aromatic nitrogens is 3. The molecule has 5 heteroatoms. The van der Waals surface area contributed by atoms with E-state index in [4.69, 9.17) is 20.2 Å². The quantitative estimate of drug-likeness (QED) is 0.187. The van der Waals surface area contributed by atoms with Crippen LogP contribution in [0.3, 0.4) is 0 Å². The van der Waals surface area contributed by atoms with Crippen molar-refractivity contribution in [2.75, 3.05) is 0 Å². The highest BCUT2D eigenvalue weighted by Crippen LogP contribution is 2.58. The van der Waals surface area contributed by atoms with E-state index >= 15 is 0 Å². The zero-order chi connectivity index (χ0) is 35.8. The maximum Gasteiger partial charge on any atom is 0.106 e. The summed E-state index contributed by atoms with van der Waals surface area (Å²) >= 11 is 0. The van der Waals surface area contributed by atoms with Crippen LogP contribution in [0.1, 0.15) is 52.7 Å². The van der Waals surface area contributed by atoms with Gasteiger partial charge in [-0.1, -0.05) is 151 Å². The predicted molar refractivity (Wildman–Crippen MR) is 210 cm³/mol. The minimum Gasteiger partial charge on any atom is -0.247 e. The van der Waals surface area contributed by atoms with E-state index in [1.807, 2.05) is 18.2 Å². The van der Waals surface area contributed by atoms with E-state index in [0.717, 1.165) is 88.4 Å². The Morgan fingerprint density at radius 2 is 0.885 bits per heavy atom. The topological polar surface area (TPSA) is 63.4 Å². The minimum atomic E-state index is -0.316. The van der Waals surface area contributed by atoms with Crippen molar-refractivity contribution < 1.29 is 0 Å². The molecule has 2 aliphatic heterocycles. The summed E-state index contributed by atoms with van der Waals surface area (Å²) in [6.45, 7) is 13.9. The number of rotatable bonds is 4. The molecular formula is C47H39N5. The van der Waals surface area contributed by atoms with Crippen molar-refractivity contribution in [1.82, 2.24) is 15.4 Å². The van der Waals surface area contributed by atoms with Crippen molar-refractivity contribution in [3.05, 3.63) is 160 Å². The molecule has 7 aromatic rings. The number of hydrogen-bond donors (Lipinski definition) is 0. The summed E-state index contributed by atoms with van der Waals surface area (Å²) in [6, 6.07) is 44.4. The first-order valence-corrected chi connectivity index (χ1v) is 18.0. The number of nitrogens with zero attached hydrogens (tertiary/aromatic N) is 5. The Labute approximate surface area is 303 Å². The third-order valence-electron chi connectivity index (χ3n) is 10.2. The van der Waals surface area contributed by atoms with Crippen LogP contribution in [0.4, 0.5) is 11.4 Å². The van der Waals surface area contributed by atoms with Crippen molar-refractivity contribution in [2.45, 2.75) is 52.4 Å². The standard InChI is InChI=1S/C47H39N5/c1-46(2,3)40-35(28-18-10-7-11-19-28)44-38(37-34(49-44)27-26-32-31-24-16-17-25-33(31)48-43(32)37)39(41(40)47(4,5)6)45-36(29-20-12-8-13-21-29)42(50-52-51-45)30-22-14-9-15-23-30/h7-27H,1-6H3. The normalized spacial score (nSPS) is 12.7. The van der Waals surface area contributed by atoms with Gasteiger partial charge in [0.15, 0.2) is 0 Å². The summed E-state index contributed by atoms with van der Waals surface area (Å²) in [6.07, 6.45) is 0. The van der Waals surface area contributed by atoms with Gasteiger partial charge in [0.2, 0.25) is 0 Å². The van der Waals surface area contributed by atoms with E-state index in [-0.39, 0.29) is 10.8 Å². The van der Waals surface area contributed by atoms with E-state index < -0.39 is 0 Å². The zero-order valence-corrected chi connectivity index (χ0v) is 30.4. The Morgan fingerprint density at radius 3 is 1.52 bits per heavy atom. The second kappa shape index (κ2) is 11.7. The lowest BCUT2D eigenvalue weighted by Crippen LogP contribution is -2.25. The number of para-hydroxylation sites is 1. The first kappa shape index (κ1) is 31.9. The summed E-state index contributed by atoms with van der Waals surface area (Å²) in [4.78, 5) is 10.9. The Morgan fingerprint density at radius 1 is 0.365 bits per heavy atom. The second-order valence-corrected chi connectivity index (χ2v) is 15.8. The molecule has 0 amide bonds. The molecule has 6 aromatic carbocycles. The highest BCUT2D eigenvalue weighted by molar-refractivity contribution is 6.08. The number of fused-ring (bicyclic) bond motifs is 6. The summed E-state index contributed by atoms with van der Waals surface area (Å²) in [5.74, 6) is 0. The van der Waals surface area contributed by atoms with Gasteiger partial charge in [0.1, 0.15) is 11.4 Å². The molecule has 5 nitrogen and oxygen atoms in total. The molecule has 0 unspecified atom stereocenters. The second-order valence-electron chi connectivity index (χ2n) is 15.8. The Kier molecular flexibility index (Phi) is 7.20. The van der Waals surface area contributed by atoms with Crippen LogP contribution in [0.15, 0.2) is 137 Å². The lowest BCUT2D eigenvalue weighted by molar-refractivity contribution is 0.533. The molecule has 0 saturated heterocycles. The van der Waals surface area contributed by atoms with Gasteiger partial charge < -0.3 is 0 Å². The first-order valence-electron chi connectivity index (χ1n) is 18.0. The van der Waals surface area contributed by atoms with Crippen molar-refractivity contribution in [2.24, 2.45) is 9.98 Å². The molecule has 252 valence electrons. The van der Waals surface area contributed by atoms with E-state index in [9.17, 15) is 0 Å². The number of benzene rings is 6. The summed E-state index contributed by atoms with van der Waals surface area (Å²) in [7, 11) is 0. The fraction of sp³-hybridized carbons (Fsp3) is 0.170. The van der Waals surface area contributed by atoms with Gasteiger partial charge in [0.25, 0.3) is 0 Å². The van der Waals surface area contributed by atoms with Gasteiger partial charge in [0.05, 0.1) is 22.1 Å². The molecule has 0 spiro atoms. The van der Waals surface area contributed by atoms with Crippen LogP contribution >= 0.6 is 0 Å². The van der Waals surface area contributed by atoms with E-state index in [2.05, 4.69) is 156 Å². The van der Waals surface area contributed by atoms with Crippen LogP contribution in [0, 0.1) is 10.4 Å². The third kappa shape index (κ3) is 4.95. The molecule has 0 fully saturated rings. The zero-order valence-electron chi connectivity index (χ0n) is 30.4. The maximum atomic E-state index is 5.57. The van der Waals surface area contributed by atoms with Crippen LogP contribution in [-0.4, -0.2) is 15.4 Å². The Bertz CT molecular complexity index is 2780. The van der Waals surface area contributed by atoms with Gasteiger partial charge in [-0.15, -0.1) is 10.2 Å². The Balaban J connectivity index is 1.55. The highest BCUT2D eigenvalue weighted by atomic mass is 15.3. The molecule has 0 radical (unpaired) electrons. The molecular weight excluding hydrogens is 635 g/mol. The fourth-order valence-corrected chi connectivity index (χ4v) is 8.18. The Hall–Kier alpha value is -6.07. The molecule has 0 bridgehead atoms. The molecule has 1 aromatic heterocycles.